The van der Waals surface area contributed by atoms with Gasteiger partial charge in [-0.15, -0.1) is 0 Å². The molecule has 1 fully saturated rings. The number of aromatic nitrogens is 2. The maximum Gasteiger partial charge on any atom is 0.163 e. The molecule has 1 saturated heterocycles. The van der Waals surface area contributed by atoms with Gasteiger partial charge in [0.25, 0.3) is 0 Å². The van der Waals surface area contributed by atoms with Crippen molar-refractivity contribution in [1.29, 1.82) is 0 Å². The van der Waals surface area contributed by atoms with Crippen LogP contribution in [0.1, 0.15) is 18.5 Å². The Bertz CT molecular complexity index is 864. The Balaban J connectivity index is 1.67. The fraction of sp³-hybridized carbons (Fsp3) is 0.273. The lowest BCUT2D eigenvalue weighted by molar-refractivity contribution is 0.122. The number of ether oxygens (including phenoxy) is 1. The molecule has 0 amide bonds. The van der Waals surface area contributed by atoms with Gasteiger partial charge in [-0.1, -0.05) is 60.7 Å². The van der Waals surface area contributed by atoms with Crippen LogP contribution in [0.25, 0.3) is 11.4 Å². The van der Waals surface area contributed by atoms with E-state index >= 15 is 0 Å². The Labute approximate surface area is 160 Å². The van der Waals surface area contributed by atoms with Crippen molar-refractivity contribution in [2.24, 2.45) is 0 Å². The molecule has 1 atom stereocenters. The monoisotopic (exact) mass is 360 g/mol. The molecule has 1 aliphatic rings. The number of benzene rings is 2. The van der Waals surface area contributed by atoms with Crippen LogP contribution in [0.4, 0.5) is 11.6 Å². The maximum absolute atomic E-state index is 5.49. The number of morpholine rings is 1. The van der Waals surface area contributed by atoms with Gasteiger partial charge in [-0.2, -0.15) is 0 Å². The van der Waals surface area contributed by atoms with E-state index in [2.05, 4.69) is 41.4 Å². The normalized spacial score (nSPS) is 15.4. The standard InChI is InChI=1S/C22H24N4O/c1-17(18-8-4-2-5-9-18)23-20-16-21(26-12-14-27-15-13-26)25-22(24-20)19-10-6-3-7-11-19/h2-11,16-17H,12-15H2,1H3,(H,23,24,25). The summed E-state index contributed by atoms with van der Waals surface area (Å²) < 4.78 is 5.49. The highest BCUT2D eigenvalue weighted by Crippen LogP contribution is 2.25. The van der Waals surface area contributed by atoms with Gasteiger partial charge in [0.2, 0.25) is 0 Å². The SMILES string of the molecule is CC(Nc1cc(N2CCOCC2)nc(-c2ccccc2)n1)c1ccccc1. The predicted molar refractivity (Wildman–Crippen MR) is 109 cm³/mol. The van der Waals surface area contributed by atoms with E-state index in [4.69, 9.17) is 14.7 Å². The first-order valence-corrected chi connectivity index (χ1v) is 9.38. The van der Waals surface area contributed by atoms with Gasteiger partial charge in [0.1, 0.15) is 11.6 Å². The molecule has 1 N–H and O–H groups in total. The lowest BCUT2D eigenvalue weighted by atomic mass is 10.1. The maximum atomic E-state index is 5.49. The summed E-state index contributed by atoms with van der Waals surface area (Å²) in [5.74, 6) is 2.51. The van der Waals surface area contributed by atoms with E-state index in [9.17, 15) is 0 Å². The van der Waals surface area contributed by atoms with Crippen molar-refractivity contribution < 1.29 is 4.74 Å². The van der Waals surface area contributed by atoms with E-state index in [1.807, 2.05) is 42.5 Å². The summed E-state index contributed by atoms with van der Waals surface area (Å²) in [6, 6.07) is 22.7. The second-order valence-corrected chi connectivity index (χ2v) is 6.68. The lowest BCUT2D eigenvalue weighted by Gasteiger charge is -2.28. The zero-order valence-electron chi connectivity index (χ0n) is 15.5. The quantitative estimate of drug-likeness (QED) is 0.741. The first-order valence-electron chi connectivity index (χ1n) is 9.38. The second-order valence-electron chi connectivity index (χ2n) is 6.68. The topological polar surface area (TPSA) is 50.3 Å². The highest BCUT2D eigenvalue weighted by molar-refractivity contribution is 5.62. The summed E-state index contributed by atoms with van der Waals surface area (Å²) in [5, 5.41) is 3.54. The molecule has 4 rings (SSSR count). The number of rotatable bonds is 5. The van der Waals surface area contributed by atoms with Crippen LogP contribution >= 0.6 is 0 Å². The van der Waals surface area contributed by atoms with Crippen molar-refractivity contribution in [2.75, 3.05) is 36.5 Å². The Morgan fingerprint density at radius 3 is 2.30 bits per heavy atom. The molecule has 2 heterocycles. The number of nitrogens with zero attached hydrogens (tertiary/aromatic N) is 3. The van der Waals surface area contributed by atoms with Crippen molar-refractivity contribution in [3.63, 3.8) is 0 Å². The zero-order valence-corrected chi connectivity index (χ0v) is 15.5. The van der Waals surface area contributed by atoms with E-state index in [0.717, 1.165) is 49.3 Å². The smallest absolute Gasteiger partial charge is 0.163 e. The summed E-state index contributed by atoms with van der Waals surface area (Å²) in [5.41, 5.74) is 2.24. The van der Waals surface area contributed by atoms with E-state index in [-0.39, 0.29) is 6.04 Å². The number of hydrogen-bond donors (Lipinski definition) is 1. The minimum atomic E-state index is 0.155. The fourth-order valence-electron chi connectivity index (χ4n) is 3.23. The number of hydrogen-bond acceptors (Lipinski definition) is 5. The molecule has 3 aromatic rings. The summed E-state index contributed by atoms with van der Waals surface area (Å²) >= 11 is 0. The molecule has 0 saturated carbocycles. The molecule has 1 unspecified atom stereocenters. The molecular weight excluding hydrogens is 336 g/mol. The molecule has 5 nitrogen and oxygen atoms in total. The van der Waals surface area contributed by atoms with Crippen molar-refractivity contribution in [3.05, 3.63) is 72.3 Å². The minimum Gasteiger partial charge on any atom is -0.378 e. The van der Waals surface area contributed by atoms with Gasteiger partial charge in [0, 0.05) is 30.8 Å². The Hall–Kier alpha value is -2.92. The van der Waals surface area contributed by atoms with E-state index in [0.29, 0.717) is 0 Å². The minimum absolute atomic E-state index is 0.155. The molecule has 27 heavy (non-hydrogen) atoms. The van der Waals surface area contributed by atoms with Gasteiger partial charge < -0.3 is 15.0 Å². The summed E-state index contributed by atoms with van der Waals surface area (Å²) in [4.78, 5) is 11.9. The second kappa shape index (κ2) is 8.18. The van der Waals surface area contributed by atoms with Crippen LogP contribution in [-0.2, 0) is 4.74 Å². The van der Waals surface area contributed by atoms with Crippen LogP contribution < -0.4 is 10.2 Å². The van der Waals surface area contributed by atoms with Crippen LogP contribution in [0.2, 0.25) is 0 Å². The average Bonchev–Trinajstić information content (AvgIpc) is 2.75. The van der Waals surface area contributed by atoms with E-state index in [1.54, 1.807) is 0 Å². The van der Waals surface area contributed by atoms with E-state index < -0.39 is 0 Å². The van der Waals surface area contributed by atoms with Crippen molar-refractivity contribution >= 4 is 11.6 Å². The molecular formula is C22H24N4O. The van der Waals surface area contributed by atoms with Gasteiger partial charge in [-0.3, -0.25) is 0 Å². The molecule has 2 aromatic carbocycles. The number of anilines is 2. The Morgan fingerprint density at radius 1 is 0.926 bits per heavy atom. The average molecular weight is 360 g/mol. The third-order valence-corrected chi connectivity index (χ3v) is 4.74. The largest absolute Gasteiger partial charge is 0.378 e. The third-order valence-electron chi connectivity index (χ3n) is 4.74. The number of nitrogens with one attached hydrogen (secondary N) is 1. The molecule has 1 aliphatic heterocycles. The third kappa shape index (κ3) is 4.26. The van der Waals surface area contributed by atoms with Crippen molar-refractivity contribution in [2.45, 2.75) is 13.0 Å². The molecule has 0 spiro atoms. The van der Waals surface area contributed by atoms with Crippen molar-refractivity contribution in [1.82, 2.24) is 9.97 Å². The molecule has 138 valence electrons. The van der Waals surface area contributed by atoms with Gasteiger partial charge in [-0.25, -0.2) is 9.97 Å². The molecule has 0 radical (unpaired) electrons. The van der Waals surface area contributed by atoms with Crippen LogP contribution in [0, 0.1) is 0 Å². The Morgan fingerprint density at radius 2 is 1.59 bits per heavy atom. The predicted octanol–water partition coefficient (Wildman–Crippen LogP) is 4.15. The first-order chi connectivity index (χ1) is 13.3. The highest BCUT2D eigenvalue weighted by Gasteiger charge is 2.16. The Kier molecular flexibility index (Phi) is 5.30. The highest BCUT2D eigenvalue weighted by atomic mass is 16.5. The van der Waals surface area contributed by atoms with Crippen molar-refractivity contribution in [3.8, 4) is 11.4 Å². The van der Waals surface area contributed by atoms with Crippen LogP contribution in [-0.4, -0.2) is 36.3 Å². The van der Waals surface area contributed by atoms with Crippen LogP contribution in [0.3, 0.4) is 0 Å². The van der Waals surface area contributed by atoms with Gasteiger partial charge in [-0.05, 0) is 12.5 Å². The van der Waals surface area contributed by atoms with Gasteiger partial charge in [0.15, 0.2) is 5.82 Å². The fourth-order valence-corrected chi connectivity index (χ4v) is 3.23. The molecule has 0 bridgehead atoms. The summed E-state index contributed by atoms with van der Waals surface area (Å²) in [7, 11) is 0. The molecule has 0 aliphatic carbocycles. The summed E-state index contributed by atoms with van der Waals surface area (Å²) in [6.07, 6.45) is 0. The molecule has 5 heteroatoms. The van der Waals surface area contributed by atoms with Gasteiger partial charge in [0.05, 0.1) is 13.2 Å². The van der Waals surface area contributed by atoms with Crippen LogP contribution in [0.5, 0.6) is 0 Å². The van der Waals surface area contributed by atoms with Gasteiger partial charge >= 0.3 is 0 Å². The first kappa shape index (κ1) is 17.5. The van der Waals surface area contributed by atoms with E-state index in [1.165, 1.54) is 5.56 Å². The molecule has 1 aromatic heterocycles. The van der Waals surface area contributed by atoms with Crippen LogP contribution in [0.15, 0.2) is 66.7 Å². The summed E-state index contributed by atoms with van der Waals surface area (Å²) in [6.45, 7) is 5.30. The zero-order chi connectivity index (χ0) is 18.5. The lowest BCUT2D eigenvalue weighted by Crippen LogP contribution is -2.36.